The first kappa shape index (κ1) is 16.4. The Balaban J connectivity index is 2.29. The minimum Gasteiger partial charge on any atom is -0.378 e. The van der Waals surface area contributed by atoms with Gasteiger partial charge in [0.15, 0.2) is 0 Å². The lowest BCUT2D eigenvalue weighted by Gasteiger charge is -2.28. The fourth-order valence-corrected chi connectivity index (χ4v) is 4.08. The molecule has 2 atom stereocenters. The van der Waals surface area contributed by atoms with E-state index in [2.05, 4.69) is 4.72 Å². The molecule has 1 aromatic rings. The summed E-state index contributed by atoms with van der Waals surface area (Å²) in [6.45, 7) is 3.97. The minimum atomic E-state index is -3.77. The van der Waals surface area contributed by atoms with Crippen LogP contribution in [0.4, 0.5) is 4.39 Å². The molecule has 2 unspecified atom stereocenters. The lowest BCUT2D eigenvalue weighted by molar-refractivity contribution is 0.0173. The fraction of sp³-hybridized carbons (Fsp3) is 0.571. The van der Waals surface area contributed by atoms with E-state index >= 15 is 0 Å². The van der Waals surface area contributed by atoms with Gasteiger partial charge in [0.2, 0.25) is 10.0 Å². The first-order chi connectivity index (χ1) is 9.83. The Hall–Kier alpha value is -1.02. The Morgan fingerprint density at radius 2 is 2.19 bits per heavy atom. The second-order valence-electron chi connectivity index (χ2n) is 5.43. The number of hydrogen-bond acceptors (Lipinski definition) is 4. The van der Waals surface area contributed by atoms with Crippen molar-refractivity contribution in [2.75, 3.05) is 6.61 Å². The summed E-state index contributed by atoms with van der Waals surface area (Å²) < 4.78 is 46.8. The van der Waals surface area contributed by atoms with Crippen molar-refractivity contribution in [2.24, 2.45) is 5.73 Å². The summed E-state index contributed by atoms with van der Waals surface area (Å²) in [6.07, 6.45) is 1.23. The van der Waals surface area contributed by atoms with Crippen LogP contribution in [0.15, 0.2) is 17.0 Å². The van der Waals surface area contributed by atoms with Crippen molar-refractivity contribution in [3.8, 4) is 0 Å². The molecule has 1 aliphatic rings. The molecule has 21 heavy (non-hydrogen) atoms. The van der Waals surface area contributed by atoms with E-state index in [9.17, 15) is 12.8 Å². The van der Waals surface area contributed by atoms with E-state index in [0.717, 1.165) is 0 Å². The average Bonchev–Trinajstić information content (AvgIpc) is 2.41. The molecule has 0 aliphatic carbocycles. The highest BCUT2D eigenvalue weighted by Gasteiger charge is 2.27. The number of benzene rings is 1. The van der Waals surface area contributed by atoms with Crippen molar-refractivity contribution >= 4 is 10.0 Å². The highest BCUT2D eigenvalue weighted by molar-refractivity contribution is 7.89. The lowest BCUT2D eigenvalue weighted by Crippen LogP contribution is -2.41. The minimum absolute atomic E-state index is 0.0136. The summed E-state index contributed by atoms with van der Waals surface area (Å²) in [6, 6.07) is 2.51. The number of ether oxygens (including phenoxy) is 1. The molecular weight excluding hydrogens is 295 g/mol. The quantitative estimate of drug-likeness (QED) is 0.880. The van der Waals surface area contributed by atoms with Crippen LogP contribution in [0, 0.1) is 12.7 Å². The average molecular weight is 316 g/mol. The highest BCUT2D eigenvalue weighted by Crippen LogP contribution is 2.22. The zero-order valence-corrected chi connectivity index (χ0v) is 13.0. The molecule has 0 amide bonds. The third-order valence-electron chi connectivity index (χ3n) is 3.69. The van der Waals surface area contributed by atoms with E-state index in [-0.39, 0.29) is 29.1 Å². The number of nitrogens with two attached hydrogens (primary N) is 1. The molecule has 0 aromatic heterocycles. The molecule has 1 aromatic carbocycles. The molecule has 3 N–H and O–H groups in total. The van der Waals surface area contributed by atoms with Crippen LogP contribution in [0.25, 0.3) is 0 Å². The van der Waals surface area contributed by atoms with Gasteiger partial charge >= 0.3 is 0 Å². The van der Waals surface area contributed by atoms with Crippen LogP contribution < -0.4 is 10.5 Å². The second kappa shape index (κ2) is 6.39. The van der Waals surface area contributed by atoms with Gasteiger partial charge in [-0.2, -0.15) is 0 Å². The van der Waals surface area contributed by atoms with Gasteiger partial charge in [-0.05, 0) is 44.4 Å². The number of nitrogens with one attached hydrogen (secondary N) is 1. The molecule has 0 saturated carbocycles. The number of halogens is 1. The molecule has 0 radical (unpaired) electrons. The van der Waals surface area contributed by atoms with Crippen molar-refractivity contribution in [3.63, 3.8) is 0 Å². The van der Waals surface area contributed by atoms with Crippen LogP contribution in [-0.2, 0) is 21.3 Å². The summed E-state index contributed by atoms with van der Waals surface area (Å²) >= 11 is 0. The maximum absolute atomic E-state index is 13.8. The first-order valence-electron chi connectivity index (χ1n) is 6.96. The molecule has 1 heterocycles. The van der Waals surface area contributed by atoms with Gasteiger partial charge in [-0.1, -0.05) is 0 Å². The summed E-state index contributed by atoms with van der Waals surface area (Å²) in [5.74, 6) is -0.557. The summed E-state index contributed by atoms with van der Waals surface area (Å²) in [5.41, 5.74) is 6.05. The van der Waals surface area contributed by atoms with Gasteiger partial charge in [0.05, 0.1) is 11.0 Å². The third-order valence-corrected chi connectivity index (χ3v) is 5.34. The van der Waals surface area contributed by atoms with Crippen molar-refractivity contribution in [1.29, 1.82) is 0 Å². The highest BCUT2D eigenvalue weighted by atomic mass is 32.2. The molecule has 0 bridgehead atoms. The number of hydrogen-bond donors (Lipinski definition) is 2. The predicted molar refractivity (Wildman–Crippen MR) is 77.8 cm³/mol. The summed E-state index contributed by atoms with van der Waals surface area (Å²) in [4.78, 5) is -0.0397. The van der Waals surface area contributed by atoms with Gasteiger partial charge in [0.25, 0.3) is 0 Å². The van der Waals surface area contributed by atoms with Gasteiger partial charge in [-0.15, -0.1) is 0 Å². The molecule has 0 spiro atoms. The van der Waals surface area contributed by atoms with E-state index in [1.54, 1.807) is 0 Å². The molecule has 5 nitrogen and oxygen atoms in total. The largest absolute Gasteiger partial charge is 0.378 e. The van der Waals surface area contributed by atoms with Crippen molar-refractivity contribution in [1.82, 2.24) is 4.72 Å². The SMILES string of the molecule is Cc1c(F)cc(CN)cc1S(=O)(=O)NC1CCOC(C)C1. The summed E-state index contributed by atoms with van der Waals surface area (Å²) in [7, 11) is -3.77. The molecule has 118 valence electrons. The maximum Gasteiger partial charge on any atom is 0.241 e. The smallest absolute Gasteiger partial charge is 0.241 e. The Bertz CT molecular complexity index is 619. The Morgan fingerprint density at radius 1 is 1.48 bits per heavy atom. The van der Waals surface area contributed by atoms with Crippen molar-refractivity contribution in [2.45, 2.75) is 50.3 Å². The van der Waals surface area contributed by atoms with Crippen LogP contribution in [0.2, 0.25) is 0 Å². The molecule has 1 saturated heterocycles. The van der Waals surface area contributed by atoms with Crippen LogP contribution in [-0.4, -0.2) is 27.2 Å². The molecule has 7 heteroatoms. The normalized spacial score (nSPS) is 23.2. The maximum atomic E-state index is 13.8. The van der Waals surface area contributed by atoms with Crippen LogP contribution in [0.5, 0.6) is 0 Å². The zero-order chi connectivity index (χ0) is 15.6. The monoisotopic (exact) mass is 316 g/mol. The Labute approximate surface area is 124 Å². The van der Waals surface area contributed by atoms with Crippen molar-refractivity contribution < 1.29 is 17.5 Å². The lowest BCUT2D eigenvalue weighted by atomic mass is 10.1. The fourth-order valence-electron chi connectivity index (χ4n) is 2.49. The van der Waals surface area contributed by atoms with E-state index in [0.29, 0.717) is 25.0 Å². The van der Waals surface area contributed by atoms with E-state index in [4.69, 9.17) is 10.5 Å². The van der Waals surface area contributed by atoms with E-state index in [1.807, 2.05) is 6.92 Å². The first-order valence-corrected chi connectivity index (χ1v) is 8.45. The standard InChI is InChI=1S/C14H21FN2O3S/c1-9-5-12(3-4-20-9)17-21(18,19)14-7-11(8-16)6-13(15)10(14)2/h6-7,9,12,17H,3-5,8,16H2,1-2H3. The van der Waals surface area contributed by atoms with Gasteiger partial charge in [0.1, 0.15) is 5.82 Å². The Kier molecular flexibility index (Phi) is 4.98. The van der Waals surface area contributed by atoms with E-state index in [1.165, 1.54) is 19.1 Å². The zero-order valence-electron chi connectivity index (χ0n) is 12.2. The van der Waals surface area contributed by atoms with Crippen molar-refractivity contribution in [3.05, 3.63) is 29.1 Å². The number of rotatable bonds is 4. The van der Waals surface area contributed by atoms with E-state index < -0.39 is 15.8 Å². The van der Waals surface area contributed by atoms with Gasteiger partial charge < -0.3 is 10.5 Å². The third kappa shape index (κ3) is 3.79. The molecular formula is C14H21FN2O3S. The predicted octanol–water partition coefficient (Wildman–Crippen LogP) is 1.44. The van der Waals surface area contributed by atoms with Gasteiger partial charge in [-0.3, -0.25) is 0 Å². The van der Waals surface area contributed by atoms with Gasteiger partial charge in [-0.25, -0.2) is 17.5 Å². The van der Waals surface area contributed by atoms with Crippen LogP contribution in [0.3, 0.4) is 0 Å². The summed E-state index contributed by atoms with van der Waals surface area (Å²) in [5, 5.41) is 0. The topological polar surface area (TPSA) is 81.4 Å². The molecule has 2 rings (SSSR count). The molecule has 1 fully saturated rings. The van der Waals surface area contributed by atoms with Crippen LogP contribution >= 0.6 is 0 Å². The number of sulfonamides is 1. The van der Waals surface area contributed by atoms with Crippen LogP contribution in [0.1, 0.15) is 30.9 Å². The second-order valence-corrected chi connectivity index (χ2v) is 7.11. The van der Waals surface area contributed by atoms with Gasteiger partial charge in [0, 0.05) is 24.8 Å². The Morgan fingerprint density at radius 3 is 2.81 bits per heavy atom. The molecule has 1 aliphatic heterocycles.